The summed E-state index contributed by atoms with van der Waals surface area (Å²) in [5, 5.41) is 0.538. The molecule has 8 heteroatoms. The molecule has 0 radical (unpaired) electrons. The third kappa shape index (κ3) is 2.55. The minimum absolute atomic E-state index is 0.0557. The molecule has 2 N–H and O–H groups in total. The van der Waals surface area contributed by atoms with E-state index in [1.54, 1.807) is 13.0 Å². The first-order chi connectivity index (χ1) is 9.01. The van der Waals surface area contributed by atoms with Crippen LogP contribution in [0.4, 0.5) is 0 Å². The van der Waals surface area contributed by atoms with Crippen molar-refractivity contribution in [1.82, 2.24) is 0 Å². The van der Waals surface area contributed by atoms with E-state index in [9.17, 15) is 21.4 Å². The summed E-state index contributed by atoms with van der Waals surface area (Å²) in [4.78, 5) is -0.776. The lowest BCUT2D eigenvalue weighted by atomic mass is 10.0. The van der Waals surface area contributed by atoms with Crippen molar-refractivity contribution in [3.63, 3.8) is 0 Å². The Bertz CT molecular complexity index is 911. The lowest BCUT2D eigenvalue weighted by Gasteiger charge is -2.11. The molecule has 0 saturated carbocycles. The molecule has 0 heterocycles. The van der Waals surface area contributed by atoms with Gasteiger partial charge in [0, 0.05) is 5.39 Å². The number of fused-ring (bicyclic) bond motifs is 1. The van der Waals surface area contributed by atoms with Crippen LogP contribution in [0.5, 0.6) is 0 Å². The van der Waals surface area contributed by atoms with Gasteiger partial charge in [0.05, 0.1) is 4.90 Å². The zero-order chi connectivity index (χ0) is 15.3. The van der Waals surface area contributed by atoms with Crippen molar-refractivity contribution >= 4 is 31.0 Å². The molecule has 108 valence electrons. The lowest BCUT2D eigenvalue weighted by Crippen LogP contribution is -2.04. The van der Waals surface area contributed by atoms with Gasteiger partial charge in [-0.15, -0.1) is 0 Å². The van der Waals surface area contributed by atoms with Gasteiger partial charge in [0.1, 0.15) is 4.90 Å². The summed E-state index contributed by atoms with van der Waals surface area (Å²) in [6, 6.07) is 5.42. The molecule has 6 nitrogen and oxygen atoms in total. The second-order valence-corrected chi connectivity index (χ2v) is 7.28. The van der Waals surface area contributed by atoms with E-state index in [-0.39, 0.29) is 15.8 Å². The second-order valence-electron chi connectivity index (χ2n) is 4.50. The van der Waals surface area contributed by atoms with Crippen LogP contribution in [-0.2, 0) is 20.2 Å². The zero-order valence-electron chi connectivity index (χ0n) is 10.7. The predicted octanol–water partition coefficient (Wildman–Crippen LogP) is 1.95. The first-order valence-electron chi connectivity index (χ1n) is 5.51. The van der Waals surface area contributed by atoms with Gasteiger partial charge in [-0.25, -0.2) is 0 Å². The minimum Gasteiger partial charge on any atom is -0.282 e. The topological polar surface area (TPSA) is 109 Å². The third-order valence-corrected chi connectivity index (χ3v) is 4.91. The molecule has 0 amide bonds. The van der Waals surface area contributed by atoms with Crippen LogP contribution in [0, 0.1) is 13.8 Å². The van der Waals surface area contributed by atoms with Gasteiger partial charge in [-0.1, -0.05) is 12.1 Å². The summed E-state index contributed by atoms with van der Waals surface area (Å²) in [5.74, 6) is 0. The van der Waals surface area contributed by atoms with E-state index in [4.69, 9.17) is 4.55 Å². The molecule has 0 aromatic heterocycles. The number of hydrogen-bond donors (Lipinski definition) is 2. The smallest absolute Gasteiger partial charge is 0.282 e. The van der Waals surface area contributed by atoms with Crippen LogP contribution in [0.3, 0.4) is 0 Å². The Morgan fingerprint density at radius 3 is 1.90 bits per heavy atom. The Morgan fingerprint density at radius 2 is 1.40 bits per heavy atom. The first-order valence-corrected chi connectivity index (χ1v) is 8.39. The maximum atomic E-state index is 11.5. The van der Waals surface area contributed by atoms with Gasteiger partial charge < -0.3 is 0 Å². The van der Waals surface area contributed by atoms with E-state index >= 15 is 0 Å². The third-order valence-electron chi connectivity index (χ3n) is 3.02. The molecule has 0 aliphatic carbocycles. The van der Waals surface area contributed by atoms with Crippen LogP contribution < -0.4 is 0 Å². The largest absolute Gasteiger partial charge is 0.295 e. The van der Waals surface area contributed by atoms with Crippen LogP contribution in [-0.4, -0.2) is 25.9 Å². The van der Waals surface area contributed by atoms with Crippen molar-refractivity contribution in [2.45, 2.75) is 23.6 Å². The molecule has 0 unspecified atom stereocenters. The Morgan fingerprint density at radius 1 is 0.800 bits per heavy atom. The summed E-state index contributed by atoms with van der Waals surface area (Å²) < 4.78 is 63.8. The van der Waals surface area contributed by atoms with Gasteiger partial charge >= 0.3 is 0 Å². The molecular formula is C12H12O6S2. The van der Waals surface area contributed by atoms with E-state index < -0.39 is 25.1 Å². The average molecular weight is 316 g/mol. The monoisotopic (exact) mass is 316 g/mol. The van der Waals surface area contributed by atoms with Crippen LogP contribution in [0.2, 0.25) is 0 Å². The molecule has 0 fully saturated rings. The maximum absolute atomic E-state index is 11.5. The minimum atomic E-state index is -4.52. The average Bonchev–Trinajstić information content (AvgIpc) is 2.24. The van der Waals surface area contributed by atoms with E-state index in [0.29, 0.717) is 10.9 Å². The normalized spacial score (nSPS) is 12.8. The quantitative estimate of drug-likeness (QED) is 0.820. The first kappa shape index (κ1) is 14.9. The lowest BCUT2D eigenvalue weighted by molar-refractivity contribution is 0.480. The molecule has 0 aliphatic rings. The molecule has 0 saturated heterocycles. The molecule has 20 heavy (non-hydrogen) atoms. The van der Waals surface area contributed by atoms with Gasteiger partial charge in [0.2, 0.25) is 0 Å². The van der Waals surface area contributed by atoms with Crippen molar-refractivity contribution in [3.8, 4) is 0 Å². The molecule has 0 spiro atoms. The van der Waals surface area contributed by atoms with Crippen LogP contribution in [0.15, 0.2) is 34.1 Å². The Balaban J connectivity index is 3.08. The van der Waals surface area contributed by atoms with Crippen LogP contribution in [0.1, 0.15) is 11.1 Å². The van der Waals surface area contributed by atoms with Crippen LogP contribution >= 0.6 is 0 Å². The molecule has 2 aromatic rings. The molecule has 2 rings (SSSR count). The zero-order valence-corrected chi connectivity index (χ0v) is 12.3. The van der Waals surface area contributed by atoms with E-state index in [0.717, 1.165) is 6.07 Å². The van der Waals surface area contributed by atoms with Gasteiger partial charge in [-0.05, 0) is 42.5 Å². The highest BCUT2D eigenvalue weighted by Gasteiger charge is 2.20. The summed E-state index contributed by atoms with van der Waals surface area (Å²) in [7, 11) is -8.98. The van der Waals surface area contributed by atoms with Gasteiger partial charge in [-0.2, -0.15) is 16.8 Å². The van der Waals surface area contributed by atoms with Crippen molar-refractivity contribution in [3.05, 3.63) is 35.4 Å². The number of rotatable bonds is 2. The molecular weight excluding hydrogens is 304 g/mol. The highest BCUT2D eigenvalue weighted by molar-refractivity contribution is 7.86. The predicted molar refractivity (Wildman–Crippen MR) is 73.1 cm³/mol. The number of aryl methyl sites for hydroxylation is 2. The molecule has 0 aliphatic heterocycles. The number of benzene rings is 2. The van der Waals surface area contributed by atoms with Crippen LogP contribution in [0.25, 0.3) is 10.8 Å². The Hall–Kier alpha value is -1.48. The summed E-state index contributed by atoms with van der Waals surface area (Å²) in [5.41, 5.74) is 0.756. The highest BCUT2D eigenvalue weighted by atomic mass is 32.2. The van der Waals surface area contributed by atoms with Crippen molar-refractivity contribution in [1.29, 1.82) is 0 Å². The van der Waals surface area contributed by atoms with Gasteiger partial charge in [0.15, 0.2) is 0 Å². The SMILES string of the molecule is Cc1ccc2c(C)cc(S(=O)(=O)O)cc2c1S(=O)(=O)O. The second kappa shape index (κ2) is 4.52. The van der Waals surface area contributed by atoms with Crippen molar-refractivity contribution in [2.75, 3.05) is 0 Å². The maximum Gasteiger partial charge on any atom is 0.295 e. The van der Waals surface area contributed by atoms with Gasteiger partial charge in [0.25, 0.3) is 20.2 Å². The summed E-state index contributed by atoms with van der Waals surface area (Å²) in [6.45, 7) is 3.07. The Labute approximate surface area is 116 Å². The molecule has 0 bridgehead atoms. The highest BCUT2D eigenvalue weighted by Crippen LogP contribution is 2.31. The standard InChI is InChI=1S/C12H12O6S2/c1-7-3-4-10-8(2)5-9(19(13,14)15)6-11(10)12(7)20(16,17)18/h3-6H,1-2H3,(H,13,14,15)(H,16,17,18). The van der Waals surface area contributed by atoms with E-state index in [1.807, 2.05) is 0 Å². The van der Waals surface area contributed by atoms with E-state index in [1.165, 1.54) is 19.1 Å². The van der Waals surface area contributed by atoms with Crippen molar-refractivity contribution < 1.29 is 25.9 Å². The fourth-order valence-corrected chi connectivity index (χ4v) is 3.68. The summed E-state index contributed by atoms with van der Waals surface area (Å²) >= 11 is 0. The summed E-state index contributed by atoms with van der Waals surface area (Å²) in [6.07, 6.45) is 0. The fraction of sp³-hybridized carbons (Fsp3) is 0.167. The number of hydrogen-bond acceptors (Lipinski definition) is 4. The fourth-order valence-electron chi connectivity index (χ4n) is 2.16. The molecule has 2 aromatic carbocycles. The van der Waals surface area contributed by atoms with Crippen molar-refractivity contribution in [2.24, 2.45) is 0 Å². The van der Waals surface area contributed by atoms with Gasteiger partial charge in [-0.3, -0.25) is 9.11 Å². The van der Waals surface area contributed by atoms with E-state index in [2.05, 4.69) is 0 Å². The molecule has 0 atom stereocenters. The Kier molecular flexibility index (Phi) is 3.37.